The van der Waals surface area contributed by atoms with Crippen molar-refractivity contribution in [3.63, 3.8) is 0 Å². The first-order chi connectivity index (χ1) is 8.16. The average molecular weight is 255 g/mol. The molecule has 1 aromatic carbocycles. The van der Waals surface area contributed by atoms with Crippen molar-refractivity contribution in [1.29, 1.82) is 0 Å². The molecule has 1 unspecified atom stereocenters. The Kier molecular flexibility index (Phi) is 2.48. The molecule has 3 nitrogen and oxygen atoms in total. The molecule has 1 aromatic rings. The molecule has 2 fully saturated rings. The molecule has 2 aliphatic rings. The number of nitrogens with zero attached hydrogens (tertiary/aromatic N) is 1. The molecular weight excluding hydrogens is 244 g/mol. The fourth-order valence-corrected chi connectivity index (χ4v) is 2.66. The van der Waals surface area contributed by atoms with Crippen molar-refractivity contribution < 1.29 is 8.78 Å². The molecular formula is C11H11F2N3S. The van der Waals surface area contributed by atoms with Crippen LogP contribution in [0.25, 0.3) is 0 Å². The predicted octanol–water partition coefficient (Wildman–Crippen LogP) is 1.63. The molecule has 0 radical (unpaired) electrons. The number of halogens is 2. The third kappa shape index (κ3) is 1.68. The number of alkyl halides is 1. The summed E-state index contributed by atoms with van der Waals surface area (Å²) in [5, 5.41) is 4.88. The van der Waals surface area contributed by atoms with E-state index in [1.807, 2.05) is 0 Å². The number of hydrogen-bond acceptors (Lipinski definition) is 2. The number of rotatable bonds is 1. The lowest BCUT2D eigenvalue weighted by atomic mass is 10.0. The van der Waals surface area contributed by atoms with Gasteiger partial charge in [0.2, 0.25) is 0 Å². The summed E-state index contributed by atoms with van der Waals surface area (Å²) in [6.07, 6.45) is -1.30. The standard InChI is InChI=1S/C11H11F2N3S/c12-7-4-2-1-3-6(7)9-5-8(13)10-14-11(17)15-16(9)10/h1-4,8-10H,5H2,(H2,14,15,17)/t8-,9-,10?/m0/s1. The molecule has 2 aliphatic heterocycles. The van der Waals surface area contributed by atoms with Gasteiger partial charge >= 0.3 is 0 Å². The summed E-state index contributed by atoms with van der Waals surface area (Å²) in [6.45, 7) is 0. The molecule has 0 aromatic heterocycles. The SMILES string of the molecule is Fc1ccccc1[C@@H]1C[C@H](F)C2NC(=S)NN21. The van der Waals surface area contributed by atoms with E-state index in [1.165, 1.54) is 6.07 Å². The van der Waals surface area contributed by atoms with Gasteiger partial charge in [0.25, 0.3) is 0 Å². The van der Waals surface area contributed by atoms with Crippen LogP contribution in [0.15, 0.2) is 24.3 Å². The Hall–Kier alpha value is -1.27. The molecule has 3 atom stereocenters. The van der Waals surface area contributed by atoms with E-state index in [4.69, 9.17) is 12.2 Å². The number of thiocarbonyl (C=S) groups is 1. The van der Waals surface area contributed by atoms with Gasteiger partial charge in [-0.05, 0) is 18.3 Å². The first kappa shape index (κ1) is 10.9. The Bertz CT molecular complexity index is 468. The Morgan fingerprint density at radius 1 is 1.35 bits per heavy atom. The highest BCUT2D eigenvalue weighted by atomic mass is 32.1. The number of hydrazine groups is 1. The largest absolute Gasteiger partial charge is 0.342 e. The summed E-state index contributed by atoms with van der Waals surface area (Å²) in [5.41, 5.74) is 3.37. The number of benzene rings is 1. The van der Waals surface area contributed by atoms with Crippen molar-refractivity contribution in [1.82, 2.24) is 15.8 Å². The van der Waals surface area contributed by atoms with Crippen molar-refractivity contribution in [2.45, 2.75) is 24.8 Å². The summed E-state index contributed by atoms with van der Waals surface area (Å²) < 4.78 is 27.5. The van der Waals surface area contributed by atoms with E-state index in [0.717, 1.165) is 0 Å². The lowest BCUT2D eigenvalue weighted by molar-refractivity contribution is 0.154. The molecule has 3 rings (SSSR count). The van der Waals surface area contributed by atoms with Crippen LogP contribution in [0.1, 0.15) is 18.0 Å². The Balaban J connectivity index is 1.95. The van der Waals surface area contributed by atoms with Gasteiger partial charge in [0.05, 0.1) is 6.04 Å². The van der Waals surface area contributed by atoms with E-state index in [9.17, 15) is 8.78 Å². The summed E-state index contributed by atoms with van der Waals surface area (Å²) >= 11 is 4.94. The van der Waals surface area contributed by atoms with Crippen molar-refractivity contribution in [2.75, 3.05) is 0 Å². The minimum atomic E-state index is -1.06. The van der Waals surface area contributed by atoms with E-state index in [-0.39, 0.29) is 18.3 Å². The quantitative estimate of drug-likeness (QED) is 0.746. The molecule has 2 heterocycles. The van der Waals surface area contributed by atoms with Gasteiger partial charge in [-0.3, -0.25) is 5.43 Å². The summed E-state index contributed by atoms with van der Waals surface area (Å²) in [6, 6.07) is 6.11. The van der Waals surface area contributed by atoms with Crippen molar-refractivity contribution in [3.8, 4) is 0 Å². The van der Waals surface area contributed by atoms with Gasteiger partial charge in [-0.1, -0.05) is 18.2 Å². The highest BCUT2D eigenvalue weighted by Gasteiger charge is 2.47. The van der Waals surface area contributed by atoms with Crippen molar-refractivity contribution in [2.24, 2.45) is 0 Å². The molecule has 0 amide bonds. The van der Waals surface area contributed by atoms with E-state index in [0.29, 0.717) is 10.7 Å². The number of hydrogen-bond donors (Lipinski definition) is 2. The van der Waals surface area contributed by atoms with Crippen LogP contribution >= 0.6 is 12.2 Å². The fraction of sp³-hybridized carbons (Fsp3) is 0.364. The normalized spacial score (nSPS) is 32.1. The van der Waals surface area contributed by atoms with Crippen molar-refractivity contribution in [3.05, 3.63) is 35.6 Å². The Morgan fingerprint density at radius 2 is 2.12 bits per heavy atom. The smallest absolute Gasteiger partial charge is 0.182 e. The van der Waals surface area contributed by atoms with Gasteiger partial charge < -0.3 is 5.32 Å². The molecule has 2 N–H and O–H groups in total. The van der Waals surface area contributed by atoms with Crippen LogP contribution in [0, 0.1) is 5.82 Å². The zero-order chi connectivity index (χ0) is 12.0. The second-order valence-electron chi connectivity index (χ2n) is 4.23. The highest BCUT2D eigenvalue weighted by molar-refractivity contribution is 7.80. The van der Waals surface area contributed by atoms with Crippen LogP contribution in [0.4, 0.5) is 8.78 Å². The molecule has 17 heavy (non-hydrogen) atoms. The Morgan fingerprint density at radius 3 is 2.88 bits per heavy atom. The molecule has 2 saturated heterocycles. The minimum Gasteiger partial charge on any atom is -0.342 e. The van der Waals surface area contributed by atoms with Gasteiger partial charge in [0, 0.05) is 12.0 Å². The maximum Gasteiger partial charge on any atom is 0.182 e. The molecule has 90 valence electrons. The molecule has 0 saturated carbocycles. The topological polar surface area (TPSA) is 27.3 Å². The van der Waals surface area contributed by atoms with Gasteiger partial charge in [0.15, 0.2) is 5.11 Å². The first-order valence-corrected chi connectivity index (χ1v) is 5.81. The highest BCUT2D eigenvalue weighted by Crippen LogP contribution is 2.37. The monoisotopic (exact) mass is 255 g/mol. The second kappa shape index (κ2) is 3.89. The third-order valence-corrected chi connectivity index (χ3v) is 3.41. The van der Waals surface area contributed by atoms with E-state index < -0.39 is 12.3 Å². The lowest BCUT2D eigenvalue weighted by Crippen LogP contribution is -2.39. The minimum absolute atomic E-state index is 0.258. The molecule has 0 aliphatic carbocycles. The van der Waals surface area contributed by atoms with Gasteiger partial charge in [-0.15, -0.1) is 0 Å². The maximum absolute atomic E-state index is 13.8. The second-order valence-corrected chi connectivity index (χ2v) is 4.63. The lowest BCUT2D eigenvalue weighted by Gasteiger charge is -2.22. The van der Waals surface area contributed by atoms with Crippen LogP contribution in [-0.2, 0) is 0 Å². The number of nitrogens with one attached hydrogen (secondary N) is 2. The average Bonchev–Trinajstić information content (AvgIpc) is 2.80. The van der Waals surface area contributed by atoms with E-state index in [2.05, 4.69) is 10.7 Å². The number of fused-ring (bicyclic) bond motifs is 1. The predicted molar refractivity (Wildman–Crippen MR) is 63.2 cm³/mol. The first-order valence-electron chi connectivity index (χ1n) is 5.41. The van der Waals surface area contributed by atoms with Gasteiger partial charge in [-0.2, -0.15) is 5.01 Å². The zero-order valence-electron chi connectivity index (χ0n) is 8.86. The summed E-state index contributed by atoms with van der Waals surface area (Å²) in [4.78, 5) is 0. The van der Waals surface area contributed by atoms with Crippen LogP contribution in [0.3, 0.4) is 0 Å². The van der Waals surface area contributed by atoms with Crippen LogP contribution < -0.4 is 10.7 Å². The van der Waals surface area contributed by atoms with Crippen LogP contribution in [0.2, 0.25) is 0 Å². The van der Waals surface area contributed by atoms with Gasteiger partial charge in [0.1, 0.15) is 18.2 Å². The summed E-state index contributed by atoms with van der Waals surface area (Å²) in [5.74, 6) is -0.315. The molecule has 0 spiro atoms. The van der Waals surface area contributed by atoms with E-state index in [1.54, 1.807) is 23.2 Å². The van der Waals surface area contributed by atoms with Crippen LogP contribution in [0.5, 0.6) is 0 Å². The third-order valence-electron chi connectivity index (χ3n) is 3.20. The fourth-order valence-electron chi connectivity index (χ4n) is 2.44. The molecule has 6 heteroatoms. The maximum atomic E-state index is 13.8. The van der Waals surface area contributed by atoms with Gasteiger partial charge in [-0.25, -0.2) is 8.78 Å². The van der Waals surface area contributed by atoms with Crippen molar-refractivity contribution >= 4 is 17.3 Å². The van der Waals surface area contributed by atoms with Crippen LogP contribution in [-0.4, -0.2) is 22.5 Å². The summed E-state index contributed by atoms with van der Waals surface area (Å²) in [7, 11) is 0. The molecule has 0 bridgehead atoms. The zero-order valence-corrected chi connectivity index (χ0v) is 9.68. The van der Waals surface area contributed by atoms with E-state index >= 15 is 0 Å². The Labute approximate surface area is 103 Å².